The monoisotopic (exact) mass is 197 g/mol. The average molecular weight is 197 g/mol. The number of rotatable bonds is 4. The molecule has 1 heterocycles. The van der Waals surface area contributed by atoms with Crippen molar-refractivity contribution in [1.82, 2.24) is 9.55 Å². The highest BCUT2D eigenvalue weighted by Crippen LogP contribution is 2.14. The Labute approximate surface area is 85.1 Å². The number of methoxy groups -OCH3 is 1. The average Bonchev–Trinajstić information content (AvgIpc) is 2.52. The zero-order valence-electron chi connectivity index (χ0n) is 9.32. The minimum absolute atomic E-state index is 0.0476. The minimum atomic E-state index is -0.314. The molecular formula is C10H19N3O. The fourth-order valence-electron chi connectivity index (χ4n) is 1.19. The van der Waals surface area contributed by atoms with Crippen molar-refractivity contribution in [3.8, 4) is 0 Å². The largest absolute Gasteiger partial charge is 0.377 e. The van der Waals surface area contributed by atoms with Crippen molar-refractivity contribution in [3.63, 3.8) is 0 Å². The van der Waals surface area contributed by atoms with Gasteiger partial charge in [0.2, 0.25) is 0 Å². The first-order chi connectivity index (χ1) is 6.47. The highest BCUT2D eigenvalue weighted by Gasteiger charge is 2.26. The summed E-state index contributed by atoms with van der Waals surface area (Å²) in [7, 11) is 3.65. The van der Waals surface area contributed by atoms with Gasteiger partial charge in [-0.25, -0.2) is 4.98 Å². The number of aryl methyl sites for hydroxylation is 1. The van der Waals surface area contributed by atoms with Crippen molar-refractivity contribution >= 4 is 0 Å². The van der Waals surface area contributed by atoms with Crippen molar-refractivity contribution in [3.05, 3.63) is 18.2 Å². The Morgan fingerprint density at radius 3 is 2.71 bits per heavy atom. The molecule has 14 heavy (non-hydrogen) atoms. The summed E-state index contributed by atoms with van der Waals surface area (Å²) in [6.07, 6.45) is 4.42. The molecule has 0 saturated heterocycles. The van der Waals surface area contributed by atoms with Crippen LogP contribution in [-0.4, -0.2) is 28.3 Å². The van der Waals surface area contributed by atoms with Crippen LogP contribution in [0.2, 0.25) is 0 Å². The van der Waals surface area contributed by atoms with E-state index in [9.17, 15) is 0 Å². The zero-order chi connectivity index (χ0) is 10.8. The molecule has 1 unspecified atom stereocenters. The summed E-state index contributed by atoms with van der Waals surface area (Å²) in [5, 5.41) is 0. The van der Waals surface area contributed by atoms with E-state index in [0.717, 1.165) is 12.2 Å². The molecule has 1 atom stereocenters. The van der Waals surface area contributed by atoms with Crippen molar-refractivity contribution in [1.29, 1.82) is 0 Å². The molecule has 0 aliphatic carbocycles. The first kappa shape index (κ1) is 11.2. The molecule has 0 aromatic carbocycles. The Kier molecular flexibility index (Phi) is 3.29. The van der Waals surface area contributed by atoms with E-state index in [2.05, 4.69) is 4.98 Å². The van der Waals surface area contributed by atoms with Crippen LogP contribution < -0.4 is 5.73 Å². The molecule has 80 valence electrons. The normalized spacial score (nSPS) is 14.4. The summed E-state index contributed by atoms with van der Waals surface area (Å²) in [5.41, 5.74) is 5.73. The number of hydrogen-bond acceptors (Lipinski definition) is 3. The molecule has 1 rings (SSSR count). The third-order valence-corrected chi connectivity index (χ3v) is 2.74. The van der Waals surface area contributed by atoms with Gasteiger partial charge < -0.3 is 15.0 Å². The van der Waals surface area contributed by atoms with E-state index >= 15 is 0 Å². The fraction of sp³-hybridized carbons (Fsp3) is 0.700. The molecule has 0 saturated carbocycles. The van der Waals surface area contributed by atoms with Crippen molar-refractivity contribution in [2.75, 3.05) is 7.11 Å². The van der Waals surface area contributed by atoms with Crippen molar-refractivity contribution < 1.29 is 4.74 Å². The summed E-state index contributed by atoms with van der Waals surface area (Å²) < 4.78 is 7.30. The summed E-state index contributed by atoms with van der Waals surface area (Å²) in [6, 6.07) is -0.0476. The Bertz CT molecular complexity index is 293. The molecule has 2 N–H and O–H groups in total. The lowest BCUT2D eigenvalue weighted by Gasteiger charge is -2.29. The van der Waals surface area contributed by atoms with Gasteiger partial charge in [-0.2, -0.15) is 0 Å². The smallest absolute Gasteiger partial charge is 0.110 e. The summed E-state index contributed by atoms with van der Waals surface area (Å²) in [5.74, 6) is 0.989. The summed E-state index contributed by atoms with van der Waals surface area (Å²) >= 11 is 0. The lowest BCUT2D eigenvalue weighted by Crippen LogP contribution is -2.46. The number of imidazole rings is 1. The highest BCUT2D eigenvalue weighted by atomic mass is 16.5. The maximum Gasteiger partial charge on any atom is 0.110 e. The Morgan fingerprint density at radius 2 is 2.29 bits per heavy atom. The van der Waals surface area contributed by atoms with Crippen molar-refractivity contribution in [2.24, 2.45) is 12.8 Å². The molecule has 1 aromatic heterocycles. The van der Waals surface area contributed by atoms with Crippen LogP contribution in [-0.2, 0) is 18.2 Å². The molecule has 0 amide bonds. The van der Waals surface area contributed by atoms with Gasteiger partial charge in [0.25, 0.3) is 0 Å². The summed E-state index contributed by atoms with van der Waals surface area (Å²) in [6.45, 7) is 3.97. The maximum atomic E-state index is 6.04. The van der Waals surface area contributed by atoms with Crippen LogP contribution in [0.25, 0.3) is 0 Å². The van der Waals surface area contributed by atoms with Gasteiger partial charge >= 0.3 is 0 Å². The lowest BCUT2D eigenvalue weighted by molar-refractivity contribution is 0.000203. The standard InChI is InChI=1S/C10H19N3O/c1-10(2,14-4)8(11)7-9-12-5-6-13(9)3/h5-6,8H,7,11H2,1-4H3. The van der Waals surface area contributed by atoms with E-state index in [1.807, 2.05) is 31.7 Å². The molecule has 0 aliphatic heterocycles. The number of nitrogens with zero attached hydrogens (tertiary/aromatic N) is 2. The number of hydrogen-bond donors (Lipinski definition) is 1. The van der Waals surface area contributed by atoms with Crippen LogP contribution >= 0.6 is 0 Å². The van der Waals surface area contributed by atoms with Gasteiger partial charge in [0.05, 0.1) is 5.60 Å². The minimum Gasteiger partial charge on any atom is -0.377 e. The van der Waals surface area contributed by atoms with E-state index < -0.39 is 0 Å². The van der Waals surface area contributed by atoms with Crippen LogP contribution in [0.4, 0.5) is 0 Å². The van der Waals surface area contributed by atoms with Crippen LogP contribution in [0, 0.1) is 0 Å². The molecule has 0 aliphatic rings. The second-order valence-electron chi connectivity index (χ2n) is 4.07. The second-order valence-corrected chi connectivity index (χ2v) is 4.07. The SMILES string of the molecule is COC(C)(C)C(N)Cc1nccn1C. The first-order valence-electron chi connectivity index (χ1n) is 4.74. The molecule has 4 nitrogen and oxygen atoms in total. The van der Waals surface area contributed by atoms with E-state index in [-0.39, 0.29) is 11.6 Å². The molecule has 4 heteroatoms. The number of aromatic nitrogens is 2. The predicted molar refractivity (Wildman–Crippen MR) is 56.0 cm³/mol. The molecular weight excluding hydrogens is 178 g/mol. The number of nitrogens with two attached hydrogens (primary N) is 1. The third-order valence-electron chi connectivity index (χ3n) is 2.74. The van der Waals surface area contributed by atoms with Gasteiger partial charge in [-0.3, -0.25) is 0 Å². The quantitative estimate of drug-likeness (QED) is 0.773. The topological polar surface area (TPSA) is 53.1 Å². The van der Waals surface area contributed by atoms with Gasteiger partial charge in [0.1, 0.15) is 5.82 Å². The molecule has 0 spiro atoms. The van der Waals surface area contributed by atoms with Crippen LogP contribution in [0.1, 0.15) is 19.7 Å². The Hall–Kier alpha value is -0.870. The van der Waals surface area contributed by atoms with Gasteiger partial charge in [-0.1, -0.05) is 0 Å². The second kappa shape index (κ2) is 4.11. The molecule has 0 fully saturated rings. The molecule has 0 radical (unpaired) electrons. The number of ether oxygens (including phenoxy) is 1. The lowest BCUT2D eigenvalue weighted by atomic mass is 9.96. The Balaban J connectivity index is 2.66. The van der Waals surface area contributed by atoms with Crippen LogP contribution in [0.15, 0.2) is 12.4 Å². The fourth-order valence-corrected chi connectivity index (χ4v) is 1.19. The third kappa shape index (κ3) is 2.33. The van der Waals surface area contributed by atoms with Crippen molar-refractivity contribution in [2.45, 2.75) is 31.9 Å². The highest BCUT2D eigenvalue weighted by molar-refractivity contribution is 4.97. The Morgan fingerprint density at radius 1 is 1.64 bits per heavy atom. The van der Waals surface area contributed by atoms with Gasteiger partial charge in [0.15, 0.2) is 0 Å². The van der Waals surface area contributed by atoms with E-state index in [1.165, 1.54) is 0 Å². The van der Waals surface area contributed by atoms with E-state index in [1.54, 1.807) is 13.3 Å². The van der Waals surface area contributed by atoms with E-state index in [4.69, 9.17) is 10.5 Å². The zero-order valence-corrected chi connectivity index (χ0v) is 9.32. The molecule has 0 bridgehead atoms. The van der Waals surface area contributed by atoms with Gasteiger partial charge in [-0.05, 0) is 13.8 Å². The summed E-state index contributed by atoms with van der Waals surface area (Å²) in [4.78, 5) is 4.23. The van der Waals surface area contributed by atoms with Gasteiger partial charge in [-0.15, -0.1) is 0 Å². The van der Waals surface area contributed by atoms with Crippen LogP contribution in [0.5, 0.6) is 0 Å². The molecule has 1 aromatic rings. The first-order valence-corrected chi connectivity index (χ1v) is 4.74. The van der Waals surface area contributed by atoms with Crippen LogP contribution in [0.3, 0.4) is 0 Å². The van der Waals surface area contributed by atoms with Gasteiger partial charge in [0, 0.05) is 39.0 Å². The predicted octanol–water partition coefficient (Wildman–Crippen LogP) is 0.715. The maximum absolute atomic E-state index is 6.04. The van der Waals surface area contributed by atoms with E-state index in [0.29, 0.717) is 0 Å².